The summed E-state index contributed by atoms with van der Waals surface area (Å²) in [5, 5.41) is 15.3. The van der Waals surface area contributed by atoms with Crippen LogP contribution in [0.2, 0.25) is 0 Å². The zero-order chi connectivity index (χ0) is 28.9. The van der Waals surface area contributed by atoms with Gasteiger partial charge in [-0.15, -0.1) is 0 Å². The van der Waals surface area contributed by atoms with E-state index in [1.165, 1.54) is 11.1 Å². The van der Waals surface area contributed by atoms with Crippen molar-refractivity contribution in [2.75, 3.05) is 32.1 Å². The number of hydrogen-bond donors (Lipinski definition) is 2. The fourth-order valence-corrected chi connectivity index (χ4v) is 5.74. The topological polar surface area (TPSA) is 100 Å². The van der Waals surface area contributed by atoms with E-state index in [4.69, 9.17) is 4.74 Å². The summed E-state index contributed by atoms with van der Waals surface area (Å²) in [5.74, 6) is 1.31. The number of fused-ring (bicyclic) bond motifs is 1. The molecule has 1 aliphatic rings. The Bertz CT molecular complexity index is 1520. The van der Waals surface area contributed by atoms with Crippen LogP contribution in [-0.4, -0.2) is 47.5 Å². The van der Waals surface area contributed by atoms with Crippen molar-refractivity contribution in [3.8, 4) is 17.0 Å². The van der Waals surface area contributed by atoms with E-state index in [0.717, 1.165) is 78.9 Å². The van der Waals surface area contributed by atoms with Gasteiger partial charge in [0.1, 0.15) is 5.75 Å². The molecule has 0 bridgehead atoms. The van der Waals surface area contributed by atoms with Gasteiger partial charge in [0.05, 0.1) is 12.0 Å². The first kappa shape index (κ1) is 28.4. The third kappa shape index (κ3) is 6.60. The average Bonchev–Trinajstić information content (AvgIpc) is 3.35. The van der Waals surface area contributed by atoms with Crippen molar-refractivity contribution in [1.82, 2.24) is 9.88 Å². The number of carbonyl (C=O) groups is 1. The van der Waals surface area contributed by atoms with E-state index < -0.39 is 0 Å². The van der Waals surface area contributed by atoms with Gasteiger partial charge in [0.15, 0.2) is 0 Å². The molecule has 0 atom stereocenters. The Hall–Kier alpha value is -4.17. The summed E-state index contributed by atoms with van der Waals surface area (Å²) in [7, 11) is 1.67. The van der Waals surface area contributed by atoms with Gasteiger partial charge in [-0.3, -0.25) is 14.9 Å². The lowest BCUT2D eigenvalue weighted by atomic mass is 9.89. The summed E-state index contributed by atoms with van der Waals surface area (Å²) in [6, 6.07) is 21.1. The maximum absolute atomic E-state index is 12.1. The van der Waals surface area contributed by atoms with Gasteiger partial charge in [0, 0.05) is 40.3 Å². The summed E-state index contributed by atoms with van der Waals surface area (Å²) in [4.78, 5) is 29.0. The Kier molecular flexibility index (Phi) is 8.69. The van der Waals surface area contributed by atoms with Crippen LogP contribution in [0.25, 0.3) is 22.2 Å². The van der Waals surface area contributed by atoms with Crippen molar-refractivity contribution in [3.05, 3.63) is 88.0 Å². The number of nitrogens with zero attached hydrogens (tertiary/aromatic N) is 2. The molecule has 2 N–H and O–H groups in total. The molecule has 41 heavy (non-hydrogen) atoms. The number of rotatable bonds is 10. The zero-order valence-corrected chi connectivity index (χ0v) is 24.0. The number of nitro benzene ring substituents is 1. The molecule has 1 fully saturated rings. The second-order valence-corrected chi connectivity index (χ2v) is 11.2. The van der Waals surface area contributed by atoms with Crippen LogP contribution in [0.4, 0.5) is 11.4 Å². The second kappa shape index (κ2) is 12.6. The lowest BCUT2D eigenvalue weighted by Crippen LogP contribution is -2.33. The summed E-state index contributed by atoms with van der Waals surface area (Å²) in [6.45, 7) is 6.91. The van der Waals surface area contributed by atoms with Crippen molar-refractivity contribution in [1.29, 1.82) is 0 Å². The molecule has 0 radical (unpaired) electrons. The van der Waals surface area contributed by atoms with Gasteiger partial charge in [-0.25, -0.2) is 0 Å². The standard InChI is InChI=1S/C33H38N4O4/c1-22(2)33(38)34-26-7-4-6-25(20-26)23-15-18-36(19-16-23)17-5-8-29-30-21-28(41-3)13-14-31(30)35-32(29)24-9-11-27(12-10-24)37(39)40/h4,6-7,9-14,20-23,35H,5,8,15-19H2,1-3H3,(H,34,38). The third-order valence-corrected chi connectivity index (χ3v) is 8.12. The van der Waals surface area contributed by atoms with Crippen LogP contribution in [0.3, 0.4) is 0 Å². The van der Waals surface area contributed by atoms with Gasteiger partial charge in [-0.05, 0) is 110 Å². The number of H-pyrrole nitrogens is 1. The van der Waals surface area contributed by atoms with Crippen molar-refractivity contribution in [2.45, 2.75) is 45.4 Å². The fourth-order valence-electron chi connectivity index (χ4n) is 5.74. The summed E-state index contributed by atoms with van der Waals surface area (Å²) in [5.41, 5.74) is 6.45. The highest BCUT2D eigenvalue weighted by Crippen LogP contribution is 2.35. The molecular formula is C33H38N4O4. The largest absolute Gasteiger partial charge is 0.497 e. The number of non-ortho nitro benzene ring substituents is 1. The van der Waals surface area contributed by atoms with Gasteiger partial charge >= 0.3 is 0 Å². The maximum atomic E-state index is 12.1. The molecule has 2 heterocycles. The van der Waals surface area contributed by atoms with Crippen LogP contribution < -0.4 is 10.1 Å². The highest BCUT2D eigenvalue weighted by molar-refractivity contribution is 5.92. The Morgan fingerprint density at radius 1 is 1.10 bits per heavy atom. The van der Waals surface area contributed by atoms with Crippen molar-refractivity contribution >= 4 is 28.2 Å². The minimum absolute atomic E-state index is 0.0432. The lowest BCUT2D eigenvalue weighted by Gasteiger charge is -2.32. The lowest BCUT2D eigenvalue weighted by molar-refractivity contribution is -0.384. The Morgan fingerprint density at radius 3 is 2.54 bits per heavy atom. The van der Waals surface area contributed by atoms with Gasteiger partial charge in [-0.2, -0.15) is 0 Å². The molecule has 8 nitrogen and oxygen atoms in total. The van der Waals surface area contributed by atoms with E-state index in [1.807, 2.05) is 50.2 Å². The van der Waals surface area contributed by atoms with E-state index in [1.54, 1.807) is 19.2 Å². The van der Waals surface area contributed by atoms with Crippen LogP contribution in [-0.2, 0) is 11.2 Å². The number of piperidine rings is 1. The normalized spacial score (nSPS) is 14.4. The number of aromatic nitrogens is 1. The smallest absolute Gasteiger partial charge is 0.269 e. The van der Waals surface area contributed by atoms with Gasteiger partial charge < -0.3 is 19.9 Å². The molecular weight excluding hydrogens is 516 g/mol. The van der Waals surface area contributed by atoms with Gasteiger partial charge in [0.2, 0.25) is 5.91 Å². The van der Waals surface area contributed by atoms with E-state index in [-0.39, 0.29) is 22.4 Å². The summed E-state index contributed by atoms with van der Waals surface area (Å²) >= 11 is 0. The van der Waals surface area contributed by atoms with E-state index in [2.05, 4.69) is 33.4 Å². The van der Waals surface area contributed by atoms with E-state index in [9.17, 15) is 14.9 Å². The predicted molar refractivity (Wildman–Crippen MR) is 164 cm³/mol. The number of ether oxygens (including phenoxy) is 1. The van der Waals surface area contributed by atoms with Crippen molar-refractivity contribution in [2.24, 2.45) is 5.92 Å². The number of amides is 1. The van der Waals surface area contributed by atoms with E-state index >= 15 is 0 Å². The number of benzene rings is 3. The number of nitrogens with one attached hydrogen (secondary N) is 2. The highest BCUT2D eigenvalue weighted by Gasteiger charge is 2.22. The number of hydrogen-bond acceptors (Lipinski definition) is 5. The van der Waals surface area contributed by atoms with Crippen LogP contribution in [0.15, 0.2) is 66.7 Å². The average molecular weight is 555 g/mol. The first-order valence-electron chi connectivity index (χ1n) is 14.4. The quantitative estimate of drug-likeness (QED) is 0.160. The number of carbonyl (C=O) groups excluding carboxylic acids is 1. The molecule has 1 saturated heterocycles. The van der Waals surface area contributed by atoms with Crippen molar-refractivity contribution in [3.63, 3.8) is 0 Å². The Morgan fingerprint density at radius 2 is 1.85 bits per heavy atom. The number of likely N-dealkylation sites (tertiary alicyclic amines) is 1. The van der Waals surface area contributed by atoms with Crippen LogP contribution in [0.1, 0.15) is 50.2 Å². The predicted octanol–water partition coefficient (Wildman–Crippen LogP) is 7.16. The molecule has 8 heteroatoms. The molecule has 1 amide bonds. The Labute approximate surface area is 240 Å². The number of nitro groups is 1. The first-order chi connectivity index (χ1) is 19.8. The molecule has 0 aliphatic carbocycles. The van der Waals surface area contributed by atoms with Crippen LogP contribution >= 0.6 is 0 Å². The van der Waals surface area contributed by atoms with Crippen LogP contribution in [0, 0.1) is 16.0 Å². The molecule has 4 aromatic rings. The Balaban J connectivity index is 1.23. The minimum atomic E-state index is -0.370. The van der Waals surface area contributed by atoms with Gasteiger partial charge in [-0.1, -0.05) is 26.0 Å². The van der Waals surface area contributed by atoms with Crippen molar-refractivity contribution < 1.29 is 14.5 Å². The van der Waals surface area contributed by atoms with E-state index in [0.29, 0.717) is 5.92 Å². The number of aryl methyl sites for hydroxylation is 1. The number of methoxy groups -OCH3 is 1. The van der Waals surface area contributed by atoms with Gasteiger partial charge in [0.25, 0.3) is 5.69 Å². The zero-order valence-electron chi connectivity index (χ0n) is 24.0. The highest BCUT2D eigenvalue weighted by atomic mass is 16.6. The monoisotopic (exact) mass is 554 g/mol. The molecule has 5 rings (SSSR count). The number of anilines is 1. The molecule has 1 aromatic heterocycles. The number of aromatic amines is 1. The van der Waals surface area contributed by atoms with Crippen LogP contribution in [0.5, 0.6) is 5.75 Å². The molecule has 1 aliphatic heterocycles. The minimum Gasteiger partial charge on any atom is -0.497 e. The molecule has 214 valence electrons. The maximum Gasteiger partial charge on any atom is 0.269 e. The second-order valence-electron chi connectivity index (χ2n) is 11.2. The fraction of sp³-hybridized carbons (Fsp3) is 0.364. The third-order valence-electron chi connectivity index (χ3n) is 8.12. The molecule has 0 saturated carbocycles. The first-order valence-corrected chi connectivity index (χ1v) is 14.4. The SMILES string of the molecule is COc1ccc2[nH]c(-c3ccc([N+](=O)[O-])cc3)c(CCCN3CCC(c4cccc(NC(=O)C(C)C)c4)CC3)c2c1. The molecule has 0 unspecified atom stereocenters. The summed E-state index contributed by atoms with van der Waals surface area (Å²) in [6.07, 6.45) is 4.09. The molecule has 0 spiro atoms. The summed E-state index contributed by atoms with van der Waals surface area (Å²) < 4.78 is 5.50. The molecule has 3 aromatic carbocycles.